The summed E-state index contributed by atoms with van der Waals surface area (Å²) < 4.78 is 10.6. The first-order chi connectivity index (χ1) is 10.5. The maximum atomic E-state index is 12.3. The van der Waals surface area contributed by atoms with E-state index in [1.807, 2.05) is 6.92 Å². The topological polar surface area (TPSA) is 47.6 Å². The molecule has 6 heteroatoms. The number of hydrogen-bond donors (Lipinski definition) is 1. The van der Waals surface area contributed by atoms with Gasteiger partial charge in [-0.25, -0.2) is 0 Å². The normalized spacial score (nSPS) is 10.2. The minimum absolute atomic E-state index is 0.310. The summed E-state index contributed by atoms with van der Waals surface area (Å²) in [5.74, 6) is 0.518. The molecule has 0 fully saturated rings. The van der Waals surface area contributed by atoms with Gasteiger partial charge in [-0.2, -0.15) is 0 Å². The van der Waals surface area contributed by atoms with Crippen LogP contribution in [0, 0.1) is 0 Å². The fourth-order valence-electron chi connectivity index (χ4n) is 1.93. The molecule has 0 radical (unpaired) electrons. The lowest BCUT2D eigenvalue weighted by Gasteiger charge is -2.13. The zero-order valence-electron chi connectivity index (χ0n) is 12.2. The van der Waals surface area contributed by atoms with Crippen LogP contribution in [0.3, 0.4) is 0 Å². The van der Waals surface area contributed by atoms with Gasteiger partial charge in [0.05, 0.1) is 18.7 Å². The van der Waals surface area contributed by atoms with Crippen molar-refractivity contribution in [1.82, 2.24) is 0 Å². The third-order valence-electron chi connectivity index (χ3n) is 2.86. The van der Waals surface area contributed by atoms with Crippen LogP contribution in [0.15, 0.2) is 36.4 Å². The predicted octanol–water partition coefficient (Wildman–Crippen LogP) is 4.65. The van der Waals surface area contributed by atoms with Gasteiger partial charge in [-0.1, -0.05) is 29.3 Å². The van der Waals surface area contributed by atoms with E-state index in [1.165, 1.54) is 13.2 Å². The minimum Gasteiger partial charge on any atom is -0.491 e. The Balaban J connectivity index is 2.29. The lowest BCUT2D eigenvalue weighted by atomic mass is 10.1. The monoisotopic (exact) mass is 339 g/mol. The van der Waals surface area contributed by atoms with Gasteiger partial charge >= 0.3 is 0 Å². The van der Waals surface area contributed by atoms with Crippen molar-refractivity contribution in [3.05, 3.63) is 52.0 Å². The molecule has 2 aromatic rings. The second-order valence-electron chi connectivity index (χ2n) is 4.39. The summed E-state index contributed by atoms with van der Waals surface area (Å²) >= 11 is 12.0. The first-order valence-corrected chi connectivity index (χ1v) is 7.38. The highest BCUT2D eigenvalue weighted by atomic mass is 35.5. The molecule has 2 rings (SSSR count). The molecule has 22 heavy (non-hydrogen) atoms. The van der Waals surface area contributed by atoms with Crippen molar-refractivity contribution in [3.63, 3.8) is 0 Å². The summed E-state index contributed by atoms with van der Waals surface area (Å²) in [5.41, 5.74) is 0.969. The molecule has 0 aliphatic rings. The number of halogens is 2. The van der Waals surface area contributed by atoms with E-state index in [0.717, 1.165) is 0 Å². The molecule has 2 aromatic carbocycles. The number of benzene rings is 2. The van der Waals surface area contributed by atoms with Gasteiger partial charge in [-0.15, -0.1) is 0 Å². The van der Waals surface area contributed by atoms with Gasteiger partial charge in [-0.05, 0) is 37.3 Å². The molecule has 0 atom stereocenters. The van der Waals surface area contributed by atoms with E-state index in [4.69, 9.17) is 32.7 Å². The molecule has 1 N–H and O–H groups in total. The number of nitrogens with one attached hydrogen (secondary N) is 1. The van der Waals surface area contributed by atoms with Crippen LogP contribution in [0.4, 0.5) is 5.69 Å². The molecular weight excluding hydrogens is 325 g/mol. The largest absolute Gasteiger partial charge is 0.491 e. The third-order valence-corrected chi connectivity index (χ3v) is 3.37. The molecule has 0 saturated heterocycles. The molecule has 4 nitrogen and oxygen atoms in total. The molecule has 0 saturated carbocycles. The van der Waals surface area contributed by atoms with Crippen molar-refractivity contribution in [2.75, 3.05) is 19.0 Å². The highest BCUT2D eigenvalue weighted by Crippen LogP contribution is 2.36. The van der Waals surface area contributed by atoms with Gasteiger partial charge in [0.25, 0.3) is 5.91 Å². The van der Waals surface area contributed by atoms with Crippen LogP contribution in [0.5, 0.6) is 11.5 Å². The van der Waals surface area contributed by atoms with Crippen LogP contribution in [0.1, 0.15) is 17.3 Å². The number of anilines is 1. The van der Waals surface area contributed by atoms with Gasteiger partial charge in [0.1, 0.15) is 0 Å². The Morgan fingerprint density at radius 1 is 1.23 bits per heavy atom. The number of methoxy groups -OCH3 is 1. The molecule has 116 valence electrons. The van der Waals surface area contributed by atoms with Crippen LogP contribution < -0.4 is 14.8 Å². The summed E-state index contributed by atoms with van der Waals surface area (Å²) in [4.78, 5) is 12.3. The number of rotatable bonds is 5. The first kappa shape index (κ1) is 16.5. The summed E-state index contributed by atoms with van der Waals surface area (Å²) in [6.45, 7) is 2.28. The average molecular weight is 340 g/mol. The molecule has 0 heterocycles. The summed E-state index contributed by atoms with van der Waals surface area (Å²) in [5, 5.41) is 3.61. The summed E-state index contributed by atoms with van der Waals surface area (Å²) in [7, 11) is 1.50. The smallest absolute Gasteiger partial charge is 0.255 e. The van der Waals surface area contributed by atoms with E-state index in [9.17, 15) is 4.79 Å². The van der Waals surface area contributed by atoms with E-state index >= 15 is 0 Å². The van der Waals surface area contributed by atoms with E-state index in [-0.39, 0.29) is 5.91 Å². The van der Waals surface area contributed by atoms with Crippen LogP contribution >= 0.6 is 23.2 Å². The Hall–Kier alpha value is -1.91. The predicted molar refractivity (Wildman–Crippen MR) is 88.6 cm³/mol. The van der Waals surface area contributed by atoms with E-state index < -0.39 is 0 Å². The second kappa shape index (κ2) is 7.38. The lowest BCUT2D eigenvalue weighted by molar-refractivity contribution is 0.102. The number of carbonyl (C=O) groups is 1. The molecule has 0 unspecified atom stereocenters. The van der Waals surface area contributed by atoms with Crippen LogP contribution in [0.2, 0.25) is 10.0 Å². The van der Waals surface area contributed by atoms with Crippen molar-refractivity contribution in [2.45, 2.75) is 6.92 Å². The molecule has 1 amide bonds. The van der Waals surface area contributed by atoms with Gasteiger partial charge in [0, 0.05) is 16.3 Å². The average Bonchev–Trinajstić information content (AvgIpc) is 2.47. The number of ether oxygens (including phenoxy) is 2. The fourth-order valence-corrected chi connectivity index (χ4v) is 2.41. The highest BCUT2D eigenvalue weighted by molar-refractivity contribution is 6.33. The van der Waals surface area contributed by atoms with Gasteiger partial charge in [-0.3, -0.25) is 4.79 Å². The maximum absolute atomic E-state index is 12.3. The van der Waals surface area contributed by atoms with Crippen molar-refractivity contribution in [2.24, 2.45) is 0 Å². The summed E-state index contributed by atoms with van der Waals surface area (Å²) in [6, 6.07) is 10.0. The standard InChI is InChI=1S/C16H15Cl2NO3/c1-3-22-14-8-10(7-13(18)15(14)21-2)16(20)19-12-6-4-5-11(17)9-12/h4-9H,3H2,1-2H3,(H,19,20). The zero-order valence-corrected chi connectivity index (χ0v) is 13.7. The van der Waals surface area contributed by atoms with Crippen molar-refractivity contribution in [3.8, 4) is 11.5 Å². The molecule has 0 aliphatic heterocycles. The first-order valence-electron chi connectivity index (χ1n) is 6.62. The quantitative estimate of drug-likeness (QED) is 0.862. The Kier molecular flexibility index (Phi) is 5.52. The zero-order chi connectivity index (χ0) is 16.1. The number of hydrogen-bond acceptors (Lipinski definition) is 3. The van der Waals surface area contributed by atoms with Gasteiger partial charge in [0.2, 0.25) is 0 Å². The molecule has 0 aromatic heterocycles. The van der Waals surface area contributed by atoms with Gasteiger partial charge < -0.3 is 14.8 Å². The minimum atomic E-state index is -0.312. The Bertz CT molecular complexity index is 689. The summed E-state index contributed by atoms with van der Waals surface area (Å²) in [6.07, 6.45) is 0. The Labute approximate surface area is 138 Å². The molecule has 0 bridgehead atoms. The molecule has 0 aliphatic carbocycles. The molecule has 0 spiro atoms. The second-order valence-corrected chi connectivity index (χ2v) is 5.23. The molecular formula is C16H15Cl2NO3. The SMILES string of the molecule is CCOc1cc(C(=O)Nc2cccc(Cl)c2)cc(Cl)c1OC. The maximum Gasteiger partial charge on any atom is 0.255 e. The fraction of sp³-hybridized carbons (Fsp3) is 0.188. The third kappa shape index (κ3) is 3.84. The van der Waals surface area contributed by atoms with Crippen LogP contribution in [-0.2, 0) is 0 Å². The van der Waals surface area contributed by atoms with E-state index in [2.05, 4.69) is 5.32 Å². The van der Waals surface area contributed by atoms with Crippen LogP contribution in [0.25, 0.3) is 0 Å². The number of carbonyl (C=O) groups excluding carboxylic acids is 1. The van der Waals surface area contributed by atoms with Crippen molar-refractivity contribution >= 4 is 34.8 Å². The Morgan fingerprint density at radius 3 is 2.64 bits per heavy atom. The highest BCUT2D eigenvalue weighted by Gasteiger charge is 2.15. The Morgan fingerprint density at radius 2 is 2.00 bits per heavy atom. The van der Waals surface area contributed by atoms with Crippen molar-refractivity contribution < 1.29 is 14.3 Å². The van der Waals surface area contributed by atoms with E-state index in [0.29, 0.717) is 39.4 Å². The van der Waals surface area contributed by atoms with Crippen molar-refractivity contribution in [1.29, 1.82) is 0 Å². The van der Waals surface area contributed by atoms with Crippen LogP contribution in [-0.4, -0.2) is 19.6 Å². The lowest BCUT2D eigenvalue weighted by Crippen LogP contribution is -2.12. The van der Waals surface area contributed by atoms with E-state index in [1.54, 1.807) is 30.3 Å². The number of amides is 1. The van der Waals surface area contributed by atoms with Gasteiger partial charge in [0.15, 0.2) is 11.5 Å².